The Morgan fingerprint density at radius 1 is 1.28 bits per heavy atom. The zero-order valence-electron chi connectivity index (χ0n) is 14.6. The van der Waals surface area contributed by atoms with Crippen molar-refractivity contribution in [3.05, 3.63) is 59.7 Å². The number of aliphatic hydroxyl groups excluding tert-OH is 1. The van der Waals surface area contributed by atoms with Crippen LogP contribution in [-0.4, -0.2) is 37.3 Å². The van der Waals surface area contributed by atoms with Crippen LogP contribution in [0.25, 0.3) is 0 Å². The fraction of sp³-hybridized carbons (Fsp3) is 0.350. The van der Waals surface area contributed by atoms with Crippen LogP contribution >= 0.6 is 0 Å². The molecule has 0 aliphatic carbocycles. The van der Waals surface area contributed by atoms with Crippen LogP contribution in [0, 0.1) is 0 Å². The van der Waals surface area contributed by atoms with Crippen LogP contribution in [0.5, 0.6) is 5.75 Å². The number of nitrogens with one attached hydrogen (secondary N) is 1. The van der Waals surface area contributed by atoms with Gasteiger partial charge in [-0.25, -0.2) is 0 Å². The molecule has 2 aromatic rings. The number of amides is 1. The van der Waals surface area contributed by atoms with E-state index in [9.17, 15) is 9.90 Å². The summed E-state index contributed by atoms with van der Waals surface area (Å²) in [7, 11) is 1.56. The number of methoxy groups -OCH3 is 1. The highest BCUT2D eigenvalue weighted by atomic mass is 16.5. The molecule has 2 unspecified atom stereocenters. The minimum Gasteiger partial charge on any atom is -0.497 e. The van der Waals surface area contributed by atoms with Crippen LogP contribution in [0.2, 0.25) is 0 Å². The van der Waals surface area contributed by atoms with Gasteiger partial charge in [0.25, 0.3) is 5.91 Å². The molecule has 2 aromatic carbocycles. The van der Waals surface area contributed by atoms with E-state index < -0.39 is 12.0 Å². The SMILES string of the molecule is COc1cccc(C(O)C(=O)NCC(C)N2CCc3ccccc32)c1. The quantitative estimate of drug-likeness (QED) is 0.847. The first-order valence-electron chi connectivity index (χ1n) is 8.54. The van der Waals surface area contributed by atoms with Crippen LogP contribution in [0.4, 0.5) is 5.69 Å². The van der Waals surface area contributed by atoms with Crippen LogP contribution in [0.3, 0.4) is 0 Å². The average Bonchev–Trinajstić information content (AvgIpc) is 3.09. The Labute approximate surface area is 148 Å². The highest BCUT2D eigenvalue weighted by molar-refractivity contribution is 5.82. The molecular formula is C20H24N2O3. The second-order valence-electron chi connectivity index (χ2n) is 6.35. The van der Waals surface area contributed by atoms with E-state index in [1.165, 1.54) is 11.3 Å². The van der Waals surface area contributed by atoms with Gasteiger partial charge in [-0.1, -0.05) is 30.3 Å². The predicted octanol–water partition coefficient (Wildman–Crippen LogP) is 2.30. The zero-order chi connectivity index (χ0) is 17.8. The zero-order valence-corrected chi connectivity index (χ0v) is 14.6. The molecule has 25 heavy (non-hydrogen) atoms. The van der Waals surface area contributed by atoms with E-state index in [2.05, 4.69) is 35.3 Å². The predicted molar refractivity (Wildman–Crippen MR) is 97.9 cm³/mol. The number of aliphatic hydroxyl groups is 1. The number of benzene rings is 2. The normalized spacial score (nSPS) is 15.4. The minimum atomic E-state index is -1.20. The molecule has 132 valence electrons. The monoisotopic (exact) mass is 340 g/mol. The number of anilines is 1. The van der Waals surface area contributed by atoms with E-state index in [1.807, 2.05) is 6.07 Å². The molecule has 5 heteroatoms. The Kier molecular flexibility index (Phi) is 5.24. The molecule has 5 nitrogen and oxygen atoms in total. The number of nitrogens with zero attached hydrogens (tertiary/aromatic N) is 1. The maximum Gasteiger partial charge on any atom is 0.253 e. The standard InChI is InChI=1S/C20H24N2O3/c1-14(22-11-10-15-6-3-4-9-18(15)22)13-21-20(24)19(23)16-7-5-8-17(12-16)25-2/h3-9,12,14,19,23H,10-11,13H2,1-2H3,(H,21,24). The van der Waals surface area contributed by atoms with E-state index in [0.717, 1.165) is 13.0 Å². The second kappa shape index (κ2) is 7.57. The van der Waals surface area contributed by atoms with Gasteiger partial charge in [-0.15, -0.1) is 0 Å². The molecule has 3 rings (SSSR count). The third kappa shape index (κ3) is 3.77. The lowest BCUT2D eigenvalue weighted by molar-refractivity contribution is -0.129. The van der Waals surface area contributed by atoms with E-state index in [1.54, 1.807) is 31.4 Å². The van der Waals surface area contributed by atoms with Crippen molar-refractivity contribution < 1.29 is 14.6 Å². The van der Waals surface area contributed by atoms with E-state index in [-0.39, 0.29) is 6.04 Å². The summed E-state index contributed by atoms with van der Waals surface area (Å²) < 4.78 is 5.13. The number of hydrogen-bond acceptors (Lipinski definition) is 4. The topological polar surface area (TPSA) is 61.8 Å². The molecule has 1 aliphatic heterocycles. The van der Waals surface area contributed by atoms with Gasteiger partial charge in [0.2, 0.25) is 0 Å². The molecule has 0 spiro atoms. The number of ether oxygens (including phenoxy) is 1. The molecule has 0 radical (unpaired) electrons. The maximum absolute atomic E-state index is 12.3. The van der Waals surface area contributed by atoms with Gasteiger partial charge in [0.15, 0.2) is 6.10 Å². The number of carbonyl (C=O) groups is 1. The summed E-state index contributed by atoms with van der Waals surface area (Å²) in [6.07, 6.45) is -0.172. The molecule has 1 aliphatic rings. The highest BCUT2D eigenvalue weighted by Crippen LogP contribution is 2.29. The Morgan fingerprint density at radius 2 is 2.08 bits per heavy atom. The number of para-hydroxylation sites is 1. The molecule has 1 heterocycles. The van der Waals surface area contributed by atoms with Gasteiger partial charge in [-0.05, 0) is 42.7 Å². The fourth-order valence-electron chi connectivity index (χ4n) is 3.24. The Bertz CT molecular complexity index is 747. The Morgan fingerprint density at radius 3 is 2.88 bits per heavy atom. The molecule has 1 amide bonds. The van der Waals surface area contributed by atoms with Crippen molar-refractivity contribution in [3.63, 3.8) is 0 Å². The van der Waals surface area contributed by atoms with Crippen molar-refractivity contribution in [2.75, 3.05) is 25.1 Å². The summed E-state index contributed by atoms with van der Waals surface area (Å²) in [5.74, 6) is 0.221. The van der Waals surface area contributed by atoms with Gasteiger partial charge in [-0.2, -0.15) is 0 Å². The maximum atomic E-state index is 12.3. The molecule has 0 saturated heterocycles. The van der Waals surface area contributed by atoms with Crippen molar-refractivity contribution in [2.24, 2.45) is 0 Å². The first kappa shape index (κ1) is 17.3. The van der Waals surface area contributed by atoms with E-state index >= 15 is 0 Å². The van der Waals surface area contributed by atoms with E-state index in [4.69, 9.17) is 4.74 Å². The lowest BCUT2D eigenvalue weighted by atomic mass is 10.1. The smallest absolute Gasteiger partial charge is 0.253 e. The summed E-state index contributed by atoms with van der Waals surface area (Å²) in [5.41, 5.74) is 3.10. The third-order valence-corrected chi connectivity index (χ3v) is 4.68. The van der Waals surface area contributed by atoms with Crippen LogP contribution in [-0.2, 0) is 11.2 Å². The number of fused-ring (bicyclic) bond motifs is 1. The third-order valence-electron chi connectivity index (χ3n) is 4.68. The molecular weight excluding hydrogens is 316 g/mol. The van der Waals surface area contributed by atoms with Crippen molar-refractivity contribution in [3.8, 4) is 5.75 Å². The van der Waals surface area contributed by atoms with Crippen molar-refractivity contribution >= 4 is 11.6 Å². The molecule has 0 saturated carbocycles. The molecule has 0 bridgehead atoms. The second-order valence-corrected chi connectivity index (χ2v) is 6.35. The lowest BCUT2D eigenvalue weighted by Gasteiger charge is -2.28. The molecule has 2 atom stereocenters. The fourth-order valence-corrected chi connectivity index (χ4v) is 3.24. The number of hydrogen-bond donors (Lipinski definition) is 2. The molecule has 0 aromatic heterocycles. The van der Waals surface area contributed by atoms with Gasteiger partial charge < -0.3 is 20.1 Å². The van der Waals surface area contributed by atoms with Gasteiger partial charge in [0.05, 0.1) is 7.11 Å². The van der Waals surface area contributed by atoms with Crippen LogP contribution in [0.15, 0.2) is 48.5 Å². The summed E-state index contributed by atoms with van der Waals surface area (Å²) in [6.45, 7) is 3.52. The summed E-state index contributed by atoms with van der Waals surface area (Å²) >= 11 is 0. The van der Waals surface area contributed by atoms with Crippen molar-refractivity contribution in [1.82, 2.24) is 5.32 Å². The van der Waals surface area contributed by atoms with Crippen molar-refractivity contribution in [2.45, 2.75) is 25.5 Å². The van der Waals surface area contributed by atoms with Gasteiger partial charge in [-0.3, -0.25) is 4.79 Å². The Balaban J connectivity index is 1.58. The van der Waals surface area contributed by atoms with Gasteiger partial charge in [0, 0.05) is 24.8 Å². The van der Waals surface area contributed by atoms with Crippen LogP contribution in [0.1, 0.15) is 24.2 Å². The first-order chi connectivity index (χ1) is 12.1. The van der Waals surface area contributed by atoms with Crippen molar-refractivity contribution in [1.29, 1.82) is 0 Å². The van der Waals surface area contributed by atoms with Crippen LogP contribution < -0.4 is 15.0 Å². The first-order valence-corrected chi connectivity index (χ1v) is 8.54. The van der Waals surface area contributed by atoms with Gasteiger partial charge in [0.1, 0.15) is 5.75 Å². The lowest BCUT2D eigenvalue weighted by Crippen LogP contribution is -2.42. The van der Waals surface area contributed by atoms with Gasteiger partial charge >= 0.3 is 0 Å². The average molecular weight is 340 g/mol. The summed E-state index contributed by atoms with van der Waals surface area (Å²) in [6, 6.07) is 15.4. The number of carbonyl (C=O) groups excluding carboxylic acids is 1. The number of rotatable bonds is 6. The summed E-state index contributed by atoms with van der Waals surface area (Å²) in [4.78, 5) is 14.6. The largest absolute Gasteiger partial charge is 0.497 e. The Hall–Kier alpha value is -2.53. The van der Waals surface area contributed by atoms with E-state index in [0.29, 0.717) is 17.9 Å². The highest BCUT2D eigenvalue weighted by Gasteiger charge is 2.24. The summed E-state index contributed by atoms with van der Waals surface area (Å²) in [5, 5.41) is 13.1. The molecule has 0 fully saturated rings. The minimum absolute atomic E-state index is 0.158. The molecule has 2 N–H and O–H groups in total.